The SMILES string of the molecule is CC(C)c1ccccc1[C@@H]1COCC[C@H]1N1CC2(CCN(c3ccc(C(=O)NS(=O)(=O)c4ccc(NC[C@H]5CC[C@](C)(O)CC5)c([N+](=O)[O-])c4)c(N4c5cc6cc[nH]c6nc5O[C@H]5COCC[C@@H]54)c3)CC2)C1. The molecular formula is C54H66N8O9S. The number of pyridine rings is 1. The Morgan fingerprint density at radius 1 is 0.931 bits per heavy atom. The number of carbonyl (C=O) groups excluding carboxylic acids is 1. The van der Waals surface area contributed by atoms with Gasteiger partial charge in [0.15, 0.2) is 0 Å². The molecule has 7 heterocycles. The van der Waals surface area contributed by atoms with Gasteiger partial charge in [-0.2, -0.15) is 4.98 Å². The Bertz CT molecular complexity index is 2950. The number of ether oxygens (including phenoxy) is 3. The largest absolute Gasteiger partial charge is 0.468 e. The van der Waals surface area contributed by atoms with Crippen molar-refractivity contribution in [2.45, 2.75) is 113 Å². The number of fused-ring (bicyclic) bond motifs is 3. The monoisotopic (exact) mass is 1000 g/mol. The van der Waals surface area contributed by atoms with Crippen molar-refractivity contribution in [3.05, 3.63) is 106 Å². The molecule has 72 heavy (non-hydrogen) atoms. The molecule has 1 spiro atoms. The molecule has 4 atom stereocenters. The standard InChI is InChI=1S/C54H66N8O9S/c1-34(2)39-6-4-5-7-40(39)42-30-69-24-15-44(42)60-32-54(33-60)19-22-59(23-20-54)37-8-10-41(46(27-37)61-45-16-25-70-31-49(45)71-52-48(61)26-36-14-21-55-50(36)57-52)51(63)58-72(67,68)38-9-11-43(47(28-38)62(65)66)56-29-35-12-17-53(3,64)18-13-35/h4-11,14,21,26-28,34-35,42,44-45,49,56,64H,12-13,15-20,22-25,29-33H2,1-3H3,(H,55,57)(H,58,63)/t35-,42-,44+,45-,49-,53-/m0/s1. The van der Waals surface area contributed by atoms with Crippen LogP contribution in [0.3, 0.4) is 0 Å². The Morgan fingerprint density at radius 2 is 1.68 bits per heavy atom. The first kappa shape index (κ1) is 48.5. The van der Waals surface area contributed by atoms with E-state index in [1.807, 2.05) is 37.4 Å². The molecule has 1 saturated carbocycles. The van der Waals surface area contributed by atoms with Gasteiger partial charge in [0.1, 0.15) is 23.1 Å². The minimum Gasteiger partial charge on any atom is -0.468 e. The molecule has 1 aliphatic carbocycles. The minimum absolute atomic E-state index is 0.113. The number of sulfonamides is 1. The van der Waals surface area contributed by atoms with Crippen molar-refractivity contribution in [1.29, 1.82) is 0 Å². The number of benzene rings is 3. The van der Waals surface area contributed by atoms with Crippen LogP contribution < -0.4 is 24.6 Å². The molecule has 11 rings (SSSR count). The minimum atomic E-state index is -4.62. The molecule has 0 bridgehead atoms. The van der Waals surface area contributed by atoms with Crippen LogP contribution in [-0.4, -0.2) is 122 Å². The van der Waals surface area contributed by atoms with Crippen LogP contribution in [0.2, 0.25) is 0 Å². The Morgan fingerprint density at radius 3 is 2.44 bits per heavy atom. The number of nitrogens with one attached hydrogen (secondary N) is 3. The van der Waals surface area contributed by atoms with Crippen molar-refractivity contribution in [3.63, 3.8) is 0 Å². The maximum Gasteiger partial charge on any atom is 0.293 e. The molecule has 5 aromatic rings. The van der Waals surface area contributed by atoms with E-state index in [2.05, 4.69) is 67.8 Å². The number of anilines is 4. The number of rotatable bonds is 12. The summed E-state index contributed by atoms with van der Waals surface area (Å²) in [4.78, 5) is 41.2. The predicted octanol–water partition coefficient (Wildman–Crippen LogP) is 8.23. The summed E-state index contributed by atoms with van der Waals surface area (Å²) < 4.78 is 49.2. The Labute approximate surface area is 420 Å². The van der Waals surface area contributed by atoms with Gasteiger partial charge in [0.25, 0.3) is 21.6 Å². The Kier molecular flexibility index (Phi) is 13.0. The van der Waals surface area contributed by atoms with Gasteiger partial charge in [-0.05, 0) is 129 Å². The molecule has 0 radical (unpaired) electrons. The summed E-state index contributed by atoms with van der Waals surface area (Å²) in [5.41, 5.74) is 4.88. The summed E-state index contributed by atoms with van der Waals surface area (Å²) in [6.07, 6.45) is 7.78. The number of hydrogen-bond acceptors (Lipinski definition) is 14. The maximum absolute atomic E-state index is 14.7. The van der Waals surface area contributed by atoms with Crippen molar-refractivity contribution in [1.82, 2.24) is 19.6 Å². The highest BCUT2D eigenvalue weighted by Crippen LogP contribution is 2.49. The number of aliphatic hydroxyl groups is 1. The third-order valence-electron chi connectivity index (χ3n) is 16.6. The normalized spacial score (nSPS) is 26.4. The molecule has 4 N–H and O–H groups in total. The van der Waals surface area contributed by atoms with Crippen LogP contribution in [0.25, 0.3) is 11.0 Å². The zero-order valence-corrected chi connectivity index (χ0v) is 42.2. The summed E-state index contributed by atoms with van der Waals surface area (Å²) in [5, 5.41) is 26.8. The zero-order chi connectivity index (χ0) is 49.9. The van der Waals surface area contributed by atoms with Gasteiger partial charge < -0.3 is 39.4 Å². The number of hydrogen-bond donors (Lipinski definition) is 4. The summed E-state index contributed by atoms with van der Waals surface area (Å²) in [6.45, 7) is 12.8. The van der Waals surface area contributed by atoms with E-state index in [0.29, 0.717) is 79.8 Å². The summed E-state index contributed by atoms with van der Waals surface area (Å²) in [5.74, 6) is 0.457. The highest BCUT2D eigenvalue weighted by molar-refractivity contribution is 7.90. The van der Waals surface area contributed by atoms with E-state index in [-0.39, 0.29) is 28.6 Å². The fourth-order valence-corrected chi connectivity index (χ4v) is 13.5. The van der Waals surface area contributed by atoms with Crippen molar-refractivity contribution in [2.75, 3.05) is 74.3 Å². The van der Waals surface area contributed by atoms with Crippen molar-refractivity contribution in [2.24, 2.45) is 11.3 Å². The third-order valence-corrected chi connectivity index (χ3v) is 18.0. The second-order valence-electron chi connectivity index (χ2n) is 21.8. The topological polar surface area (TPSA) is 205 Å². The number of amides is 1. The lowest BCUT2D eigenvalue weighted by atomic mass is 9.69. The number of aromatic amines is 1. The van der Waals surface area contributed by atoms with Crippen molar-refractivity contribution >= 4 is 55.4 Å². The van der Waals surface area contributed by atoms with Gasteiger partial charge in [-0.1, -0.05) is 38.1 Å². The van der Waals surface area contributed by atoms with Gasteiger partial charge in [0.05, 0.1) is 45.9 Å². The van der Waals surface area contributed by atoms with E-state index in [4.69, 9.17) is 19.2 Å². The van der Waals surface area contributed by atoms with E-state index in [0.717, 1.165) is 88.6 Å². The number of carbonyl (C=O) groups is 1. The summed E-state index contributed by atoms with van der Waals surface area (Å²) >= 11 is 0. The van der Waals surface area contributed by atoms with Crippen LogP contribution in [0, 0.1) is 21.4 Å². The quantitative estimate of drug-likeness (QED) is 0.0687. The second kappa shape index (κ2) is 19.2. The highest BCUT2D eigenvalue weighted by atomic mass is 32.2. The van der Waals surface area contributed by atoms with Gasteiger partial charge in [0, 0.05) is 81.2 Å². The van der Waals surface area contributed by atoms with Gasteiger partial charge >= 0.3 is 0 Å². The number of likely N-dealkylation sites (tertiary alicyclic amines) is 1. The molecule has 6 aliphatic rings. The molecule has 0 unspecified atom stereocenters. The molecular weight excluding hydrogens is 937 g/mol. The maximum atomic E-state index is 14.7. The molecule has 5 aliphatic heterocycles. The van der Waals surface area contributed by atoms with Gasteiger partial charge in [-0.3, -0.25) is 19.8 Å². The first-order valence-corrected chi connectivity index (χ1v) is 27.3. The van der Waals surface area contributed by atoms with E-state index in [9.17, 15) is 28.4 Å². The van der Waals surface area contributed by atoms with E-state index in [1.165, 1.54) is 23.3 Å². The molecule has 1 amide bonds. The second-order valence-corrected chi connectivity index (χ2v) is 23.5. The van der Waals surface area contributed by atoms with Crippen molar-refractivity contribution < 1.29 is 37.5 Å². The average molecular weight is 1000 g/mol. The number of nitro benzene ring substituents is 1. The lowest BCUT2D eigenvalue weighted by Crippen LogP contribution is -2.64. The van der Waals surface area contributed by atoms with Crippen LogP contribution >= 0.6 is 0 Å². The number of nitro groups is 1. The van der Waals surface area contributed by atoms with Crippen LogP contribution in [-0.2, 0) is 19.5 Å². The summed E-state index contributed by atoms with van der Waals surface area (Å²) in [6, 6.07) is 22.1. The number of aromatic nitrogens is 2. The van der Waals surface area contributed by atoms with Gasteiger partial charge in [0.2, 0.25) is 5.88 Å². The lowest BCUT2D eigenvalue weighted by molar-refractivity contribution is -0.384. The number of nitrogens with zero attached hydrogens (tertiary/aromatic N) is 5. The van der Waals surface area contributed by atoms with Crippen LogP contribution in [0.15, 0.2) is 83.9 Å². The molecule has 5 fully saturated rings. The van der Waals surface area contributed by atoms with Crippen LogP contribution in [0.1, 0.15) is 105 Å². The summed E-state index contributed by atoms with van der Waals surface area (Å²) in [7, 11) is -4.62. The lowest BCUT2D eigenvalue weighted by Gasteiger charge is -2.58. The van der Waals surface area contributed by atoms with Crippen LogP contribution in [0.4, 0.5) is 28.4 Å². The highest BCUT2D eigenvalue weighted by Gasteiger charge is 2.50. The fraction of sp³-hybridized carbons (Fsp3) is 0.519. The molecule has 2 aromatic heterocycles. The fourth-order valence-electron chi connectivity index (χ4n) is 12.5. The molecule has 3 aromatic carbocycles. The zero-order valence-electron chi connectivity index (χ0n) is 41.3. The van der Waals surface area contributed by atoms with Crippen molar-refractivity contribution in [3.8, 4) is 5.88 Å². The Hall–Kier alpha value is -5.79. The number of H-pyrrole nitrogens is 1. The number of piperidine rings is 1. The van der Waals surface area contributed by atoms with E-state index in [1.54, 1.807) is 6.07 Å². The molecule has 18 heteroatoms. The third kappa shape index (κ3) is 9.40. The predicted molar refractivity (Wildman–Crippen MR) is 275 cm³/mol. The van der Waals surface area contributed by atoms with E-state index >= 15 is 0 Å². The average Bonchev–Trinajstić information content (AvgIpc) is 3.83. The molecule has 17 nitrogen and oxygen atoms in total. The van der Waals surface area contributed by atoms with Gasteiger partial charge in [-0.15, -0.1) is 0 Å². The van der Waals surface area contributed by atoms with Crippen LogP contribution in [0.5, 0.6) is 5.88 Å². The Balaban J connectivity index is 0.864. The molecule has 382 valence electrons. The molecule has 4 saturated heterocycles. The van der Waals surface area contributed by atoms with E-state index < -0.39 is 43.1 Å². The smallest absolute Gasteiger partial charge is 0.293 e. The first-order chi connectivity index (χ1) is 34.6. The first-order valence-electron chi connectivity index (χ1n) is 25.8. The van der Waals surface area contributed by atoms with Gasteiger partial charge in [-0.25, -0.2) is 13.1 Å².